The first-order valence-electron chi connectivity index (χ1n) is 7.46. The topological polar surface area (TPSA) is 46.9 Å². The fourth-order valence-corrected chi connectivity index (χ4v) is 2.73. The van der Waals surface area contributed by atoms with E-state index in [1.54, 1.807) is 29.1 Å². The van der Waals surface area contributed by atoms with Crippen molar-refractivity contribution in [1.29, 1.82) is 0 Å². The molecule has 0 radical (unpaired) electrons. The Labute approximate surface area is 150 Å². The molecule has 1 N–H and O–H groups in total. The van der Waals surface area contributed by atoms with Crippen molar-refractivity contribution in [1.82, 2.24) is 9.78 Å². The third-order valence-corrected chi connectivity index (χ3v) is 4.05. The van der Waals surface area contributed by atoms with Crippen molar-refractivity contribution in [3.63, 3.8) is 0 Å². The lowest BCUT2D eigenvalue weighted by atomic mass is 10.2. The molecule has 0 saturated carbocycles. The predicted molar refractivity (Wildman–Crippen MR) is 97.0 cm³/mol. The smallest absolute Gasteiger partial charge is 0.224 e. The van der Waals surface area contributed by atoms with E-state index in [1.807, 2.05) is 36.5 Å². The van der Waals surface area contributed by atoms with E-state index in [0.717, 1.165) is 11.3 Å². The van der Waals surface area contributed by atoms with E-state index in [2.05, 4.69) is 10.4 Å². The summed E-state index contributed by atoms with van der Waals surface area (Å²) in [6, 6.07) is 14.8. The molecule has 4 nitrogen and oxygen atoms in total. The lowest BCUT2D eigenvalue weighted by Crippen LogP contribution is -2.12. The molecule has 1 aromatic heterocycles. The zero-order chi connectivity index (χ0) is 16.9. The number of aryl methyl sites for hydroxylation is 1. The maximum Gasteiger partial charge on any atom is 0.224 e. The molecule has 0 spiro atoms. The summed E-state index contributed by atoms with van der Waals surface area (Å²) in [5.74, 6) is -0.105. The van der Waals surface area contributed by atoms with Gasteiger partial charge in [-0.3, -0.25) is 4.79 Å². The Bertz CT molecular complexity index is 846. The van der Waals surface area contributed by atoms with Crippen LogP contribution in [0.5, 0.6) is 0 Å². The average Bonchev–Trinajstić information content (AvgIpc) is 3.05. The highest BCUT2D eigenvalue weighted by Gasteiger charge is 2.08. The van der Waals surface area contributed by atoms with Gasteiger partial charge in [-0.05, 0) is 42.3 Å². The van der Waals surface area contributed by atoms with Gasteiger partial charge in [0.2, 0.25) is 5.91 Å². The third kappa shape index (κ3) is 4.16. The zero-order valence-electron chi connectivity index (χ0n) is 12.7. The first-order valence-corrected chi connectivity index (χ1v) is 8.21. The number of hydrogen-bond donors (Lipinski definition) is 1. The molecule has 0 aliphatic carbocycles. The Balaban J connectivity index is 1.58. The van der Waals surface area contributed by atoms with Crippen LogP contribution in [-0.4, -0.2) is 15.7 Å². The number of amides is 1. The molecule has 0 atom stereocenters. The minimum absolute atomic E-state index is 0.105. The largest absolute Gasteiger partial charge is 0.325 e. The number of halogens is 2. The van der Waals surface area contributed by atoms with Crippen molar-refractivity contribution in [2.45, 2.75) is 12.8 Å². The Morgan fingerprint density at radius 2 is 1.92 bits per heavy atom. The predicted octanol–water partition coefficient (Wildman–Crippen LogP) is 4.75. The number of rotatable bonds is 5. The van der Waals surface area contributed by atoms with Gasteiger partial charge in [0, 0.05) is 17.6 Å². The molecule has 0 unspecified atom stereocenters. The van der Waals surface area contributed by atoms with Crippen molar-refractivity contribution in [3.05, 3.63) is 76.5 Å². The number of para-hydroxylation sites is 1. The van der Waals surface area contributed by atoms with E-state index in [-0.39, 0.29) is 5.91 Å². The lowest BCUT2D eigenvalue weighted by molar-refractivity contribution is -0.116. The summed E-state index contributed by atoms with van der Waals surface area (Å²) in [5, 5.41) is 8.07. The summed E-state index contributed by atoms with van der Waals surface area (Å²) >= 11 is 11.9. The van der Waals surface area contributed by atoms with Crippen LogP contribution in [-0.2, 0) is 11.2 Å². The summed E-state index contributed by atoms with van der Waals surface area (Å²) < 4.78 is 1.79. The van der Waals surface area contributed by atoms with Crippen molar-refractivity contribution >= 4 is 34.8 Å². The van der Waals surface area contributed by atoms with Crippen molar-refractivity contribution in [3.8, 4) is 5.69 Å². The Hall–Kier alpha value is -2.30. The Kier molecular flexibility index (Phi) is 5.18. The van der Waals surface area contributed by atoms with Crippen LogP contribution in [0.2, 0.25) is 10.0 Å². The fraction of sp³-hybridized carbons (Fsp3) is 0.111. The molecule has 24 heavy (non-hydrogen) atoms. The lowest BCUT2D eigenvalue weighted by Gasteiger charge is -2.07. The molecule has 0 bridgehead atoms. The van der Waals surface area contributed by atoms with Gasteiger partial charge >= 0.3 is 0 Å². The van der Waals surface area contributed by atoms with E-state index < -0.39 is 0 Å². The van der Waals surface area contributed by atoms with Gasteiger partial charge < -0.3 is 5.32 Å². The minimum Gasteiger partial charge on any atom is -0.325 e. The van der Waals surface area contributed by atoms with Crippen molar-refractivity contribution in [2.75, 3.05) is 5.32 Å². The summed E-state index contributed by atoms with van der Waals surface area (Å²) in [7, 11) is 0. The van der Waals surface area contributed by atoms with Gasteiger partial charge in [0.15, 0.2) is 0 Å². The summed E-state index contributed by atoms with van der Waals surface area (Å²) in [6.07, 6.45) is 4.65. The van der Waals surface area contributed by atoms with Gasteiger partial charge in [0.1, 0.15) is 0 Å². The van der Waals surface area contributed by atoms with E-state index in [9.17, 15) is 4.79 Å². The van der Waals surface area contributed by atoms with Crippen LogP contribution in [0.25, 0.3) is 5.69 Å². The standard InChI is InChI=1S/C18H15Cl2N3O/c19-14-7-8-17(16(20)10-14)22-18(24)9-6-13-11-21-23(12-13)15-4-2-1-3-5-15/h1-5,7-8,10-12H,6,9H2,(H,22,24). The van der Waals surface area contributed by atoms with Crippen molar-refractivity contribution < 1.29 is 4.79 Å². The number of benzene rings is 2. The van der Waals surface area contributed by atoms with Crippen LogP contribution in [0, 0.1) is 0 Å². The number of hydrogen-bond acceptors (Lipinski definition) is 2. The maximum absolute atomic E-state index is 12.1. The molecule has 3 rings (SSSR count). The van der Waals surface area contributed by atoms with Crippen LogP contribution in [0.3, 0.4) is 0 Å². The van der Waals surface area contributed by atoms with Crippen LogP contribution < -0.4 is 5.32 Å². The van der Waals surface area contributed by atoms with Gasteiger partial charge in [-0.25, -0.2) is 4.68 Å². The van der Waals surface area contributed by atoms with Gasteiger partial charge in [0.25, 0.3) is 0 Å². The Morgan fingerprint density at radius 3 is 2.67 bits per heavy atom. The van der Waals surface area contributed by atoms with Crippen molar-refractivity contribution in [2.24, 2.45) is 0 Å². The van der Waals surface area contributed by atoms with Crippen LogP contribution in [0.1, 0.15) is 12.0 Å². The summed E-state index contributed by atoms with van der Waals surface area (Å²) in [5.41, 5.74) is 2.54. The highest BCUT2D eigenvalue weighted by molar-refractivity contribution is 6.36. The molecule has 1 heterocycles. The first-order chi connectivity index (χ1) is 11.6. The number of nitrogens with zero attached hydrogens (tertiary/aromatic N) is 2. The molecule has 0 fully saturated rings. The molecule has 3 aromatic rings. The molecule has 0 aliphatic rings. The van der Waals surface area contributed by atoms with Gasteiger partial charge in [-0.2, -0.15) is 5.10 Å². The highest BCUT2D eigenvalue weighted by Crippen LogP contribution is 2.25. The first kappa shape index (κ1) is 16.6. The minimum atomic E-state index is -0.105. The maximum atomic E-state index is 12.1. The van der Waals surface area contributed by atoms with Crippen LogP contribution in [0.15, 0.2) is 60.9 Å². The zero-order valence-corrected chi connectivity index (χ0v) is 14.3. The highest BCUT2D eigenvalue weighted by atomic mass is 35.5. The van der Waals surface area contributed by atoms with Gasteiger partial charge in [0.05, 0.1) is 22.6 Å². The molecule has 1 amide bonds. The second kappa shape index (κ2) is 7.51. The van der Waals surface area contributed by atoms with E-state index in [4.69, 9.17) is 23.2 Å². The molecular weight excluding hydrogens is 345 g/mol. The Morgan fingerprint density at radius 1 is 1.12 bits per heavy atom. The average molecular weight is 360 g/mol. The molecular formula is C18H15Cl2N3O. The summed E-state index contributed by atoms with van der Waals surface area (Å²) in [6.45, 7) is 0. The quantitative estimate of drug-likeness (QED) is 0.714. The molecule has 2 aromatic carbocycles. The van der Waals surface area contributed by atoms with Gasteiger partial charge in [-0.1, -0.05) is 41.4 Å². The molecule has 0 saturated heterocycles. The second-order valence-corrected chi connectivity index (χ2v) is 6.14. The van der Waals surface area contributed by atoms with E-state index >= 15 is 0 Å². The molecule has 0 aliphatic heterocycles. The third-order valence-electron chi connectivity index (χ3n) is 3.50. The number of carbonyl (C=O) groups is 1. The number of carbonyl (C=O) groups excluding carboxylic acids is 1. The van der Waals surface area contributed by atoms with Crippen LogP contribution >= 0.6 is 23.2 Å². The molecule has 6 heteroatoms. The summed E-state index contributed by atoms with van der Waals surface area (Å²) in [4.78, 5) is 12.1. The van der Waals surface area contributed by atoms with E-state index in [0.29, 0.717) is 28.6 Å². The van der Waals surface area contributed by atoms with Crippen LogP contribution in [0.4, 0.5) is 5.69 Å². The SMILES string of the molecule is O=C(CCc1cnn(-c2ccccc2)c1)Nc1ccc(Cl)cc1Cl. The number of nitrogens with one attached hydrogen (secondary N) is 1. The van der Waals surface area contributed by atoms with Gasteiger partial charge in [-0.15, -0.1) is 0 Å². The fourth-order valence-electron chi connectivity index (χ4n) is 2.27. The molecule has 122 valence electrons. The number of anilines is 1. The normalized spacial score (nSPS) is 10.6. The monoisotopic (exact) mass is 359 g/mol. The second-order valence-electron chi connectivity index (χ2n) is 5.30. The van der Waals surface area contributed by atoms with E-state index in [1.165, 1.54) is 0 Å². The number of aromatic nitrogens is 2.